The Morgan fingerprint density at radius 2 is 1.74 bits per heavy atom. The molecular formula is C28H34N6O4. The molecule has 1 fully saturated rings. The maximum absolute atomic E-state index is 13.6. The zero-order chi connectivity index (χ0) is 27.4. The van der Waals surface area contributed by atoms with Crippen LogP contribution in [0.4, 0.5) is 0 Å². The number of carbonyl (C=O) groups excluding carboxylic acids is 3. The Morgan fingerprint density at radius 3 is 2.32 bits per heavy atom. The predicted octanol–water partition coefficient (Wildman–Crippen LogP) is 1.63. The maximum atomic E-state index is 13.6. The van der Waals surface area contributed by atoms with Crippen molar-refractivity contribution in [1.82, 2.24) is 25.2 Å². The second-order valence-electron chi connectivity index (χ2n) is 10.2. The first-order valence-corrected chi connectivity index (χ1v) is 12.7. The lowest BCUT2D eigenvalue weighted by atomic mass is 10.00. The first-order chi connectivity index (χ1) is 18.1. The quantitative estimate of drug-likeness (QED) is 0.393. The number of primary amides is 1. The van der Waals surface area contributed by atoms with Crippen LogP contribution in [0.1, 0.15) is 37.6 Å². The fourth-order valence-electron chi connectivity index (χ4n) is 4.87. The van der Waals surface area contributed by atoms with Gasteiger partial charge in [0.15, 0.2) is 0 Å². The standard InChI is InChI=1S/C28H34N6O4/c1-17(2)25(34-15-18(3)31-32-34)28(38)33-16-22(35)14-24(33)27(37)30-23(26(29)36)13-19-9-11-21(12-10-19)20-7-5-4-6-8-20/h4-12,15,17,22-25,35H,13-14,16H2,1-3H3,(H2,29,36)(H,30,37)/t22-,23?,24?,25?/m1/s1. The van der Waals surface area contributed by atoms with E-state index in [0.29, 0.717) is 5.69 Å². The van der Waals surface area contributed by atoms with Gasteiger partial charge in [-0.25, -0.2) is 4.68 Å². The number of nitrogens with zero attached hydrogens (tertiary/aromatic N) is 4. The summed E-state index contributed by atoms with van der Waals surface area (Å²) in [4.78, 5) is 40.5. The van der Waals surface area contributed by atoms with Crippen LogP contribution in [0, 0.1) is 12.8 Å². The second kappa shape index (κ2) is 11.6. The first-order valence-electron chi connectivity index (χ1n) is 12.7. The second-order valence-corrected chi connectivity index (χ2v) is 10.2. The van der Waals surface area contributed by atoms with Gasteiger partial charge < -0.3 is 21.1 Å². The van der Waals surface area contributed by atoms with E-state index in [-0.39, 0.29) is 31.2 Å². The summed E-state index contributed by atoms with van der Waals surface area (Å²) >= 11 is 0. The summed E-state index contributed by atoms with van der Waals surface area (Å²) in [5, 5.41) is 21.1. The van der Waals surface area contributed by atoms with Crippen molar-refractivity contribution in [1.29, 1.82) is 0 Å². The van der Waals surface area contributed by atoms with Gasteiger partial charge in [-0.15, -0.1) is 5.10 Å². The predicted molar refractivity (Wildman–Crippen MR) is 141 cm³/mol. The van der Waals surface area contributed by atoms with Gasteiger partial charge in [-0.05, 0) is 29.5 Å². The number of β-amino-alcohol motifs (C(OH)–C–C–N with tert-alkyl or cyclic N) is 1. The van der Waals surface area contributed by atoms with Crippen molar-refractivity contribution in [2.75, 3.05) is 6.54 Å². The summed E-state index contributed by atoms with van der Waals surface area (Å²) in [5.74, 6) is -1.69. The van der Waals surface area contributed by atoms with Crippen molar-refractivity contribution in [3.63, 3.8) is 0 Å². The van der Waals surface area contributed by atoms with Crippen LogP contribution >= 0.6 is 0 Å². The Morgan fingerprint density at radius 1 is 1.08 bits per heavy atom. The number of hydrogen-bond acceptors (Lipinski definition) is 6. The van der Waals surface area contributed by atoms with Crippen molar-refractivity contribution in [2.45, 2.75) is 57.8 Å². The van der Waals surface area contributed by atoms with E-state index in [1.54, 1.807) is 13.1 Å². The number of nitrogens with one attached hydrogen (secondary N) is 1. The Balaban J connectivity index is 1.47. The lowest BCUT2D eigenvalue weighted by Gasteiger charge is -2.30. The van der Waals surface area contributed by atoms with Gasteiger partial charge in [0.1, 0.15) is 18.1 Å². The number of hydrogen-bond donors (Lipinski definition) is 3. The highest BCUT2D eigenvalue weighted by Crippen LogP contribution is 2.27. The number of likely N-dealkylation sites (tertiary alicyclic amines) is 1. The molecule has 200 valence electrons. The number of rotatable bonds is 9. The van der Waals surface area contributed by atoms with Crippen molar-refractivity contribution in [2.24, 2.45) is 11.7 Å². The number of aliphatic hydroxyl groups excluding tert-OH is 1. The van der Waals surface area contributed by atoms with Gasteiger partial charge in [-0.3, -0.25) is 14.4 Å². The highest BCUT2D eigenvalue weighted by molar-refractivity contribution is 5.93. The summed E-state index contributed by atoms with van der Waals surface area (Å²) in [7, 11) is 0. The van der Waals surface area contributed by atoms with E-state index in [1.807, 2.05) is 68.4 Å². The Bertz CT molecular complexity index is 1270. The van der Waals surface area contributed by atoms with Gasteiger partial charge in [0.05, 0.1) is 11.8 Å². The molecule has 0 bridgehead atoms. The zero-order valence-corrected chi connectivity index (χ0v) is 21.8. The molecular weight excluding hydrogens is 484 g/mol. The van der Waals surface area contributed by atoms with E-state index < -0.39 is 36.0 Å². The molecule has 2 heterocycles. The van der Waals surface area contributed by atoms with Crippen LogP contribution in [0.15, 0.2) is 60.8 Å². The minimum atomic E-state index is -0.973. The minimum absolute atomic E-state index is 0.00993. The molecule has 0 aliphatic carbocycles. The molecule has 2 aromatic carbocycles. The number of aryl methyl sites for hydroxylation is 1. The molecule has 4 rings (SSSR count). The molecule has 3 aromatic rings. The largest absolute Gasteiger partial charge is 0.391 e. The lowest BCUT2D eigenvalue weighted by molar-refractivity contribution is -0.143. The van der Waals surface area contributed by atoms with E-state index in [4.69, 9.17) is 5.73 Å². The van der Waals surface area contributed by atoms with Crippen molar-refractivity contribution >= 4 is 17.7 Å². The molecule has 1 aromatic heterocycles. The first kappa shape index (κ1) is 27.0. The topological polar surface area (TPSA) is 143 Å². The fraction of sp³-hybridized carbons (Fsp3) is 0.393. The highest BCUT2D eigenvalue weighted by atomic mass is 16.3. The van der Waals surface area contributed by atoms with E-state index in [0.717, 1.165) is 16.7 Å². The van der Waals surface area contributed by atoms with Crippen LogP contribution in [0.5, 0.6) is 0 Å². The van der Waals surface area contributed by atoms with Crippen LogP contribution in [-0.4, -0.2) is 67.5 Å². The van der Waals surface area contributed by atoms with E-state index in [2.05, 4.69) is 15.6 Å². The number of carbonyl (C=O) groups is 3. The maximum Gasteiger partial charge on any atom is 0.248 e. The molecule has 4 atom stereocenters. The van der Waals surface area contributed by atoms with E-state index in [1.165, 1.54) is 9.58 Å². The normalized spacial score (nSPS) is 18.8. The highest BCUT2D eigenvalue weighted by Gasteiger charge is 2.43. The van der Waals surface area contributed by atoms with Crippen LogP contribution in [-0.2, 0) is 20.8 Å². The number of aliphatic hydroxyl groups is 1. The lowest BCUT2D eigenvalue weighted by Crippen LogP contribution is -2.54. The Labute approximate surface area is 221 Å². The number of amides is 3. The summed E-state index contributed by atoms with van der Waals surface area (Å²) in [6.45, 7) is 5.55. The van der Waals surface area contributed by atoms with Crippen LogP contribution in [0.25, 0.3) is 11.1 Å². The third-order valence-corrected chi connectivity index (χ3v) is 6.82. The number of aromatic nitrogens is 3. The molecule has 0 radical (unpaired) electrons. The van der Waals surface area contributed by atoms with Crippen molar-refractivity contribution in [3.8, 4) is 11.1 Å². The molecule has 3 unspecified atom stereocenters. The molecule has 3 amide bonds. The average Bonchev–Trinajstić information content (AvgIpc) is 3.49. The van der Waals surface area contributed by atoms with Crippen LogP contribution < -0.4 is 11.1 Å². The van der Waals surface area contributed by atoms with Crippen molar-refractivity contribution in [3.05, 3.63) is 72.1 Å². The van der Waals surface area contributed by atoms with Crippen LogP contribution in [0.3, 0.4) is 0 Å². The zero-order valence-electron chi connectivity index (χ0n) is 21.8. The monoisotopic (exact) mass is 518 g/mol. The molecule has 4 N–H and O–H groups in total. The van der Waals surface area contributed by atoms with Gasteiger partial charge in [0.25, 0.3) is 0 Å². The Kier molecular flexibility index (Phi) is 8.21. The smallest absolute Gasteiger partial charge is 0.248 e. The summed E-state index contributed by atoms with van der Waals surface area (Å²) in [6.07, 6.45) is 1.08. The molecule has 1 saturated heterocycles. The Hall–Kier alpha value is -4.05. The average molecular weight is 519 g/mol. The summed E-state index contributed by atoms with van der Waals surface area (Å²) in [6, 6.07) is 15.0. The molecule has 0 spiro atoms. The van der Waals surface area contributed by atoms with Crippen molar-refractivity contribution < 1.29 is 19.5 Å². The van der Waals surface area contributed by atoms with Gasteiger partial charge in [0, 0.05) is 25.6 Å². The molecule has 1 aliphatic heterocycles. The summed E-state index contributed by atoms with van der Waals surface area (Å²) < 4.78 is 1.49. The number of nitrogens with two attached hydrogens (primary N) is 1. The number of benzene rings is 2. The summed E-state index contributed by atoms with van der Waals surface area (Å²) in [5.41, 5.74) is 9.24. The van der Waals surface area contributed by atoms with E-state index >= 15 is 0 Å². The molecule has 10 heteroatoms. The molecule has 1 aliphatic rings. The van der Waals surface area contributed by atoms with Gasteiger partial charge >= 0.3 is 0 Å². The van der Waals surface area contributed by atoms with Gasteiger partial charge in [-0.2, -0.15) is 0 Å². The molecule has 10 nitrogen and oxygen atoms in total. The van der Waals surface area contributed by atoms with Gasteiger partial charge in [-0.1, -0.05) is 73.7 Å². The van der Waals surface area contributed by atoms with Gasteiger partial charge in [0.2, 0.25) is 17.7 Å². The minimum Gasteiger partial charge on any atom is -0.391 e. The third kappa shape index (κ3) is 6.08. The molecule has 0 saturated carbocycles. The third-order valence-electron chi connectivity index (χ3n) is 6.82. The molecule has 38 heavy (non-hydrogen) atoms. The van der Waals surface area contributed by atoms with E-state index in [9.17, 15) is 19.5 Å². The fourth-order valence-corrected chi connectivity index (χ4v) is 4.87. The van der Waals surface area contributed by atoms with Crippen LogP contribution in [0.2, 0.25) is 0 Å². The SMILES string of the molecule is Cc1cn(C(C(=O)N2C[C@H](O)CC2C(=O)NC(Cc2ccc(-c3ccccc3)cc2)C(N)=O)C(C)C)nn1.